The Labute approximate surface area is 117 Å². The molecule has 0 unspecified atom stereocenters. The molecule has 5 heteroatoms. The van der Waals surface area contributed by atoms with E-state index in [-0.39, 0.29) is 11.7 Å². The summed E-state index contributed by atoms with van der Waals surface area (Å²) in [6.45, 7) is 0. The quantitative estimate of drug-likeness (QED) is 0.874. The van der Waals surface area contributed by atoms with Crippen LogP contribution < -0.4 is 5.32 Å². The number of rotatable bonds is 3. The first-order valence-corrected chi connectivity index (χ1v) is 7.07. The molecule has 1 aliphatic carbocycles. The molecule has 110 valence electrons. The summed E-state index contributed by atoms with van der Waals surface area (Å²) < 4.78 is 27.5. The summed E-state index contributed by atoms with van der Waals surface area (Å²) in [4.78, 5) is 10.7. The van der Waals surface area contributed by atoms with Crippen molar-refractivity contribution in [1.82, 2.24) is 0 Å². The molecule has 0 aromatic heterocycles. The second kappa shape index (κ2) is 6.68. The number of halogens is 2. The number of hydrogen-bond acceptors (Lipinski definition) is 2. The Kier molecular flexibility index (Phi) is 4.93. The van der Waals surface area contributed by atoms with Crippen molar-refractivity contribution in [2.24, 2.45) is 0 Å². The third-order valence-electron chi connectivity index (χ3n) is 3.78. The molecular weight excluding hydrogens is 264 g/mol. The van der Waals surface area contributed by atoms with E-state index in [2.05, 4.69) is 5.32 Å². The van der Waals surface area contributed by atoms with Gasteiger partial charge in [0.2, 0.25) is 0 Å². The zero-order valence-corrected chi connectivity index (χ0v) is 11.3. The Morgan fingerprint density at radius 1 is 1.05 bits per heavy atom. The van der Waals surface area contributed by atoms with Gasteiger partial charge in [0.15, 0.2) is 11.6 Å². The first-order chi connectivity index (χ1) is 9.59. The van der Waals surface area contributed by atoms with Crippen molar-refractivity contribution >= 4 is 11.7 Å². The van der Waals surface area contributed by atoms with Gasteiger partial charge in [-0.2, -0.15) is 0 Å². The number of nitrogens with one attached hydrogen (secondary N) is 1. The third kappa shape index (κ3) is 3.46. The van der Waals surface area contributed by atoms with Crippen molar-refractivity contribution < 1.29 is 18.7 Å². The van der Waals surface area contributed by atoms with E-state index in [1.807, 2.05) is 0 Å². The highest BCUT2D eigenvalue weighted by atomic mass is 19.2. The van der Waals surface area contributed by atoms with Crippen LogP contribution in [-0.2, 0) is 0 Å². The molecule has 3 nitrogen and oxygen atoms in total. The van der Waals surface area contributed by atoms with E-state index in [4.69, 9.17) is 5.11 Å². The van der Waals surface area contributed by atoms with Crippen molar-refractivity contribution in [1.29, 1.82) is 0 Å². The SMILES string of the molecule is O=C(O)c1ccc(NC2CCCCCCC2)c(F)c1F. The maximum atomic E-state index is 13.9. The summed E-state index contributed by atoms with van der Waals surface area (Å²) in [6.07, 6.45) is 7.61. The normalized spacial score (nSPS) is 17.3. The molecule has 1 aromatic carbocycles. The highest BCUT2D eigenvalue weighted by molar-refractivity contribution is 5.88. The lowest BCUT2D eigenvalue weighted by atomic mass is 9.96. The van der Waals surface area contributed by atoms with Crippen LogP contribution in [0, 0.1) is 11.6 Å². The average molecular weight is 283 g/mol. The smallest absolute Gasteiger partial charge is 0.338 e. The molecule has 0 spiro atoms. The second-order valence-corrected chi connectivity index (χ2v) is 5.28. The lowest BCUT2D eigenvalue weighted by Gasteiger charge is -2.22. The van der Waals surface area contributed by atoms with Gasteiger partial charge >= 0.3 is 5.97 Å². The second-order valence-electron chi connectivity index (χ2n) is 5.28. The summed E-state index contributed by atoms with van der Waals surface area (Å²) >= 11 is 0. The molecule has 0 radical (unpaired) electrons. The van der Waals surface area contributed by atoms with E-state index in [1.54, 1.807) is 0 Å². The molecule has 0 saturated heterocycles. The van der Waals surface area contributed by atoms with Crippen LogP contribution >= 0.6 is 0 Å². The van der Waals surface area contributed by atoms with E-state index in [1.165, 1.54) is 25.3 Å². The zero-order chi connectivity index (χ0) is 14.5. The molecule has 1 fully saturated rings. The van der Waals surface area contributed by atoms with Gasteiger partial charge in [-0.15, -0.1) is 0 Å². The number of hydrogen-bond donors (Lipinski definition) is 2. The molecule has 1 saturated carbocycles. The minimum absolute atomic E-state index is 0.0538. The highest BCUT2D eigenvalue weighted by Gasteiger charge is 2.20. The van der Waals surface area contributed by atoms with Crippen molar-refractivity contribution in [2.75, 3.05) is 5.32 Å². The number of carboxylic acids is 1. The summed E-state index contributed by atoms with van der Waals surface area (Å²) in [5, 5.41) is 11.8. The maximum absolute atomic E-state index is 13.9. The number of aromatic carboxylic acids is 1. The van der Waals surface area contributed by atoms with Gasteiger partial charge in [0.05, 0.1) is 11.3 Å². The fourth-order valence-corrected chi connectivity index (χ4v) is 2.65. The van der Waals surface area contributed by atoms with E-state index >= 15 is 0 Å². The van der Waals surface area contributed by atoms with Crippen molar-refractivity contribution in [3.63, 3.8) is 0 Å². The van der Waals surface area contributed by atoms with Crippen LogP contribution in [0.3, 0.4) is 0 Å². The fraction of sp³-hybridized carbons (Fsp3) is 0.533. The highest BCUT2D eigenvalue weighted by Crippen LogP contribution is 2.25. The minimum atomic E-state index is -1.46. The fourth-order valence-electron chi connectivity index (χ4n) is 2.65. The summed E-state index contributed by atoms with van der Waals surface area (Å²) in [7, 11) is 0. The number of benzene rings is 1. The molecule has 1 aliphatic rings. The lowest BCUT2D eigenvalue weighted by molar-refractivity contribution is 0.0690. The first kappa shape index (κ1) is 14.8. The van der Waals surface area contributed by atoms with Gasteiger partial charge in [-0.05, 0) is 25.0 Å². The van der Waals surface area contributed by atoms with Gasteiger partial charge < -0.3 is 10.4 Å². The Morgan fingerprint density at radius 3 is 2.25 bits per heavy atom. The Bertz CT molecular complexity index is 483. The first-order valence-electron chi connectivity index (χ1n) is 7.07. The van der Waals surface area contributed by atoms with Gasteiger partial charge in [0, 0.05) is 6.04 Å². The van der Waals surface area contributed by atoms with Crippen molar-refractivity contribution in [2.45, 2.75) is 51.0 Å². The van der Waals surface area contributed by atoms with Crippen LogP contribution in [0.1, 0.15) is 55.3 Å². The molecule has 2 N–H and O–H groups in total. The van der Waals surface area contributed by atoms with Crippen LogP contribution in [0.15, 0.2) is 12.1 Å². The Balaban J connectivity index is 2.12. The topological polar surface area (TPSA) is 49.3 Å². The minimum Gasteiger partial charge on any atom is -0.478 e. The van der Waals surface area contributed by atoms with Gasteiger partial charge in [-0.3, -0.25) is 0 Å². The van der Waals surface area contributed by atoms with Crippen LogP contribution in [-0.4, -0.2) is 17.1 Å². The molecule has 2 rings (SSSR count). The average Bonchev–Trinajstić information content (AvgIpc) is 2.37. The van der Waals surface area contributed by atoms with Crippen LogP contribution in [0.5, 0.6) is 0 Å². The maximum Gasteiger partial charge on any atom is 0.338 e. The van der Waals surface area contributed by atoms with E-state index in [0.29, 0.717) is 0 Å². The van der Waals surface area contributed by atoms with Crippen molar-refractivity contribution in [3.05, 3.63) is 29.3 Å². The van der Waals surface area contributed by atoms with Gasteiger partial charge in [0.25, 0.3) is 0 Å². The molecule has 0 amide bonds. The van der Waals surface area contributed by atoms with E-state index in [0.717, 1.165) is 31.7 Å². The standard InChI is InChI=1S/C15H19F2NO2/c16-13-11(15(19)20)8-9-12(14(13)17)18-10-6-4-2-1-3-5-7-10/h8-10,18H,1-7H2,(H,19,20). The Hall–Kier alpha value is -1.65. The van der Waals surface area contributed by atoms with Crippen LogP contribution in [0.25, 0.3) is 0 Å². The largest absolute Gasteiger partial charge is 0.478 e. The van der Waals surface area contributed by atoms with Gasteiger partial charge in [0.1, 0.15) is 0 Å². The number of carbonyl (C=O) groups is 1. The van der Waals surface area contributed by atoms with Crippen molar-refractivity contribution in [3.8, 4) is 0 Å². The van der Waals surface area contributed by atoms with E-state index < -0.39 is 23.2 Å². The summed E-state index contributed by atoms with van der Waals surface area (Å²) in [5.74, 6) is -3.86. The third-order valence-corrected chi connectivity index (χ3v) is 3.78. The monoisotopic (exact) mass is 283 g/mol. The molecule has 20 heavy (non-hydrogen) atoms. The Morgan fingerprint density at radius 2 is 1.65 bits per heavy atom. The molecule has 1 aromatic rings. The molecule has 0 atom stereocenters. The summed E-state index contributed by atoms with van der Waals surface area (Å²) in [5.41, 5.74) is -0.580. The zero-order valence-electron chi connectivity index (χ0n) is 11.3. The van der Waals surface area contributed by atoms with Gasteiger partial charge in [-0.1, -0.05) is 32.1 Å². The van der Waals surface area contributed by atoms with Crippen LogP contribution in [0.2, 0.25) is 0 Å². The van der Waals surface area contributed by atoms with Gasteiger partial charge in [-0.25, -0.2) is 13.6 Å². The van der Waals surface area contributed by atoms with Crippen LogP contribution in [0.4, 0.5) is 14.5 Å². The predicted octanol–water partition coefficient (Wildman–Crippen LogP) is 4.19. The molecule has 0 bridgehead atoms. The predicted molar refractivity (Wildman–Crippen MR) is 73.0 cm³/mol. The number of carboxylic acid groups (broad SMARTS) is 1. The molecule has 0 heterocycles. The summed E-state index contributed by atoms with van der Waals surface area (Å²) in [6, 6.07) is 2.53. The molecular formula is C15H19F2NO2. The number of anilines is 1. The van der Waals surface area contributed by atoms with E-state index in [9.17, 15) is 13.6 Å². The lowest BCUT2D eigenvalue weighted by Crippen LogP contribution is -2.21. The molecule has 0 aliphatic heterocycles.